The van der Waals surface area contributed by atoms with E-state index >= 15 is 0 Å². The molecule has 166 valence electrons. The summed E-state index contributed by atoms with van der Waals surface area (Å²) in [4.78, 5) is 12.1. The molecule has 1 rings (SSSR count). The number of hydrogen-bond acceptors (Lipinski definition) is 4. The van der Waals surface area contributed by atoms with Crippen LogP contribution in [0.2, 0.25) is 0 Å². The van der Waals surface area contributed by atoms with E-state index in [1.54, 1.807) is 0 Å². The van der Waals surface area contributed by atoms with Crippen LogP contribution in [0.4, 0.5) is 10.5 Å². The van der Waals surface area contributed by atoms with Crippen molar-refractivity contribution < 1.29 is 18.3 Å². The summed E-state index contributed by atoms with van der Waals surface area (Å²) in [5.74, 6) is 0. The molecule has 0 heterocycles. The summed E-state index contributed by atoms with van der Waals surface area (Å²) < 4.78 is 29.0. The normalized spacial score (nSPS) is 12.8. The van der Waals surface area contributed by atoms with Crippen LogP contribution in [0, 0.1) is 6.92 Å². The fourth-order valence-corrected chi connectivity index (χ4v) is 4.43. The van der Waals surface area contributed by atoms with Crippen LogP contribution in [0.15, 0.2) is 12.1 Å². The van der Waals surface area contributed by atoms with E-state index in [1.807, 2.05) is 60.6 Å². The van der Waals surface area contributed by atoms with E-state index in [-0.39, 0.29) is 12.2 Å². The first-order valence-electron chi connectivity index (χ1n) is 10.3. The number of carbonyl (C=O) groups excluding carboxylic acids is 1. The molecule has 0 unspecified atom stereocenters. The van der Waals surface area contributed by atoms with Crippen LogP contribution < -0.4 is 14.1 Å². The molecule has 0 fully saturated rings. The van der Waals surface area contributed by atoms with Gasteiger partial charge in [-0.2, -0.15) is 13.1 Å². The average Bonchev–Trinajstić information content (AvgIpc) is 2.53. The van der Waals surface area contributed by atoms with E-state index in [9.17, 15) is 18.3 Å². The number of hydrogen-bond donors (Lipinski definition) is 1. The lowest BCUT2D eigenvalue weighted by molar-refractivity contribution is -0.244. The van der Waals surface area contributed by atoms with Gasteiger partial charge in [-0.3, -0.25) is 0 Å². The SMILES string of the molecule is CCCCCCNS(=O)(=O)N(C(=O)[O-])c1c(C(C)(C)C)cc(C)cc1C(C)(C)C. The van der Waals surface area contributed by atoms with Gasteiger partial charge >= 0.3 is 10.2 Å². The van der Waals surface area contributed by atoms with Gasteiger partial charge in [0.05, 0.1) is 5.69 Å². The molecule has 1 aromatic rings. The molecule has 29 heavy (non-hydrogen) atoms. The highest BCUT2D eigenvalue weighted by Gasteiger charge is 2.34. The predicted molar refractivity (Wildman–Crippen MR) is 118 cm³/mol. The first-order chi connectivity index (χ1) is 13.1. The van der Waals surface area contributed by atoms with Gasteiger partial charge in [-0.05, 0) is 35.3 Å². The van der Waals surface area contributed by atoms with Crippen LogP contribution in [0.3, 0.4) is 0 Å². The number of benzene rings is 1. The van der Waals surface area contributed by atoms with Gasteiger partial charge in [-0.15, -0.1) is 0 Å². The lowest BCUT2D eigenvalue weighted by Crippen LogP contribution is -2.52. The van der Waals surface area contributed by atoms with Crippen molar-refractivity contribution in [3.8, 4) is 0 Å². The van der Waals surface area contributed by atoms with Gasteiger partial charge in [0.2, 0.25) is 0 Å². The largest absolute Gasteiger partial charge is 0.529 e. The summed E-state index contributed by atoms with van der Waals surface area (Å²) in [6, 6.07) is 3.72. The van der Waals surface area contributed by atoms with E-state index in [0.717, 1.165) is 24.8 Å². The second-order valence-electron chi connectivity index (χ2n) is 9.70. The number of nitrogens with one attached hydrogen (secondary N) is 1. The Labute approximate surface area is 176 Å². The number of anilines is 1. The highest BCUT2D eigenvalue weighted by atomic mass is 32.2. The lowest BCUT2D eigenvalue weighted by atomic mass is 9.77. The molecular formula is C22H37N2O4S-. The molecule has 1 amide bonds. The molecule has 0 bridgehead atoms. The molecule has 0 spiro atoms. The number of nitrogens with zero attached hydrogens (tertiary/aromatic N) is 1. The Hall–Kier alpha value is -1.60. The summed E-state index contributed by atoms with van der Waals surface area (Å²) in [6.45, 7) is 15.8. The van der Waals surface area contributed by atoms with E-state index in [4.69, 9.17) is 0 Å². The number of carbonyl (C=O) groups is 1. The molecule has 0 atom stereocenters. The van der Waals surface area contributed by atoms with Crippen molar-refractivity contribution in [2.75, 3.05) is 10.8 Å². The van der Waals surface area contributed by atoms with Crippen molar-refractivity contribution in [3.63, 3.8) is 0 Å². The summed E-state index contributed by atoms with van der Waals surface area (Å²) in [5, 5.41) is 12.1. The van der Waals surface area contributed by atoms with Crippen LogP contribution in [-0.2, 0) is 21.0 Å². The van der Waals surface area contributed by atoms with Gasteiger partial charge in [0.1, 0.15) is 0 Å². The van der Waals surface area contributed by atoms with Gasteiger partial charge in [0, 0.05) is 6.54 Å². The van der Waals surface area contributed by atoms with Gasteiger partial charge in [-0.25, -0.2) is 4.31 Å². The quantitative estimate of drug-likeness (QED) is 0.634. The van der Waals surface area contributed by atoms with Crippen molar-refractivity contribution in [3.05, 3.63) is 28.8 Å². The molecule has 6 nitrogen and oxygen atoms in total. The maximum Gasteiger partial charge on any atom is 0.306 e. The Morgan fingerprint density at radius 1 is 1.00 bits per heavy atom. The van der Waals surface area contributed by atoms with Gasteiger partial charge < -0.3 is 9.90 Å². The zero-order chi connectivity index (χ0) is 22.6. The third-order valence-corrected chi connectivity index (χ3v) is 6.18. The third kappa shape index (κ3) is 6.71. The van der Waals surface area contributed by atoms with E-state index in [0.29, 0.717) is 21.9 Å². The minimum Gasteiger partial charge on any atom is -0.529 e. The lowest BCUT2D eigenvalue weighted by Gasteiger charge is -2.36. The van der Waals surface area contributed by atoms with Crippen molar-refractivity contribution in [2.45, 2.75) is 91.9 Å². The molecule has 7 heteroatoms. The third-order valence-electron chi connectivity index (χ3n) is 4.79. The number of amides is 1. The second-order valence-corrected chi connectivity index (χ2v) is 11.3. The Kier molecular flexibility index (Phi) is 8.31. The maximum atomic E-state index is 13.0. The zero-order valence-corrected chi connectivity index (χ0v) is 20.0. The first kappa shape index (κ1) is 25.4. The van der Waals surface area contributed by atoms with Crippen LogP contribution in [0.25, 0.3) is 0 Å². The number of unbranched alkanes of at least 4 members (excludes halogenated alkanes) is 3. The molecule has 0 radical (unpaired) electrons. The summed E-state index contributed by atoms with van der Waals surface area (Å²) in [6.07, 6.45) is 1.82. The number of rotatable bonds is 8. The molecule has 0 saturated carbocycles. The van der Waals surface area contributed by atoms with Gasteiger partial charge in [-0.1, -0.05) is 85.4 Å². The predicted octanol–water partition coefficient (Wildman–Crippen LogP) is 4.15. The van der Waals surface area contributed by atoms with Crippen molar-refractivity contribution >= 4 is 22.0 Å². The smallest absolute Gasteiger partial charge is 0.306 e. The number of carboxylic acid groups (broad SMARTS) is 1. The molecule has 0 aliphatic rings. The van der Waals surface area contributed by atoms with Gasteiger partial charge in [0.25, 0.3) is 0 Å². The first-order valence-corrected chi connectivity index (χ1v) is 11.7. The zero-order valence-electron chi connectivity index (χ0n) is 19.2. The topological polar surface area (TPSA) is 89.5 Å². The van der Waals surface area contributed by atoms with Crippen molar-refractivity contribution in [2.24, 2.45) is 0 Å². The van der Waals surface area contributed by atoms with Crippen LogP contribution in [0.1, 0.15) is 90.8 Å². The molecule has 0 aliphatic carbocycles. The van der Waals surface area contributed by atoms with Crippen molar-refractivity contribution in [1.82, 2.24) is 4.72 Å². The van der Waals surface area contributed by atoms with Crippen molar-refractivity contribution in [1.29, 1.82) is 0 Å². The minimum atomic E-state index is -4.32. The average molecular weight is 426 g/mol. The molecule has 1 aromatic carbocycles. The summed E-state index contributed by atoms with van der Waals surface area (Å²) in [5.41, 5.74) is 1.51. The molecule has 0 saturated heterocycles. The Bertz CT molecular complexity index is 783. The van der Waals surface area contributed by atoms with E-state index in [2.05, 4.69) is 11.6 Å². The highest BCUT2D eigenvalue weighted by molar-refractivity contribution is 7.91. The molecule has 0 aromatic heterocycles. The molecular weight excluding hydrogens is 388 g/mol. The van der Waals surface area contributed by atoms with Crippen LogP contribution in [0.5, 0.6) is 0 Å². The highest BCUT2D eigenvalue weighted by Crippen LogP contribution is 2.41. The summed E-state index contributed by atoms with van der Waals surface area (Å²) in [7, 11) is -4.32. The standard InChI is InChI=1S/C22H38N2O4S/c1-9-10-11-12-13-23-29(27,28)24(20(25)26)19-17(21(3,4)5)14-16(2)15-18(19)22(6,7)8/h14-15,23H,9-13H2,1-8H3,(H,25,26)/p-1. The summed E-state index contributed by atoms with van der Waals surface area (Å²) >= 11 is 0. The monoisotopic (exact) mass is 425 g/mol. The Balaban J connectivity index is 3.61. The second kappa shape index (κ2) is 9.47. The fraction of sp³-hybridized carbons (Fsp3) is 0.682. The maximum absolute atomic E-state index is 13.0. The van der Waals surface area contributed by atoms with E-state index in [1.165, 1.54) is 0 Å². The number of aryl methyl sites for hydroxylation is 1. The van der Waals surface area contributed by atoms with E-state index < -0.39 is 27.1 Å². The Morgan fingerprint density at radius 2 is 1.48 bits per heavy atom. The minimum absolute atomic E-state index is 0.177. The molecule has 1 N–H and O–H groups in total. The van der Waals surface area contributed by atoms with Crippen LogP contribution >= 0.6 is 0 Å². The fourth-order valence-electron chi connectivity index (χ4n) is 3.27. The molecule has 0 aliphatic heterocycles. The Morgan fingerprint density at radius 3 is 1.86 bits per heavy atom. The van der Waals surface area contributed by atoms with Crippen LogP contribution in [-0.4, -0.2) is 21.1 Å². The van der Waals surface area contributed by atoms with Gasteiger partial charge in [0.15, 0.2) is 6.09 Å².